The molecule has 1 aromatic carbocycles. The Morgan fingerprint density at radius 2 is 1.80 bits per heavy atom. The van der Waals surface area contributed by atoms with E-state index >= 15 is 0 Å². The minimum atomic E-state index is -0.227. The summed E-state index contributed by atoms with van der Waals surface area (Å²) in [4.78, 5) is 15.1. The molecule has 1 fully saturated rings. The molecular formula is C18H23NO. The molecule has 1 saturated carbocycles. The molecule has 1 heterocycles. The lowest BCUT2D eigenvalue weighted by atomic mass is 9.92. The number of benzene rings is 1. The van der Waals surface area contributed by atoms with Crippen molar-refractivity contribution in [1.29, 1.82) is 0 Å². The van der Waals surface area contributed by atoms with Gasteiger partial charge in [0.15, 0.2) is 5.78 Å². The first-order valence-corrected chi connectivity index (χ1v) is 7.73. The second-order valence-corrected chi connectivity index (χ2v) is 6.50. The van der Waals surface area contributed by atoms with Crippen LogP contribution >= 0.6 is 0 Å². The highest BCUT2D eigenvalue weighted by molar-refractivity contribution is 6.08. The minimum absolute atomic E-state index is 0.227. The number of carbonyl (C=O) groups is 1. The number of hydrogen-bond donors (Lipinski definition) is 0. The summed E-state index contributed by atoms with van der Waals surface area (Å²) >= 11 is 0. The summed E-state index contributed by atoms with van der Waals surface area (Å²) in [6, 6.07) is 10.3. The van der Waals surface area contributed by atoms with Crippen LogP contribution in [0, 0.1) is 5.92 Å². The first-order chi connectivity index (χ1) is 9.63. The standard InChI is InChI=1S/C18H23NO/c1-14(2)13-19-16(15-8-4-3-5-9-15)12-17(20)18(19)10-6-7-11-18/h3-5,8-9,12,14H,6-7,10-11,13H2,1-2H3. The third kappa shape index (κ3) is 2.07. The average molecular weight is 269 g/mol. The van der Waals surface area contributed by atoms with Crippen molar-refractivity contribution in [2.45, 2.75) is 45.1 Å². The van der Waals surface area contributed by atoms with Crippen molar-refractivity contribution in [3.63, 3.8) is 0 Å². The molecule has 3 rings (SSSR count). The molecule has 20 heavy (non-hydrogen) atoms. The number of ketones is 1. The number of hydrogen-bond acceptors (Lipinski definition) is 2. The van der Waals surface area contributed by atoms with E-state index in [0.29, 0.717) is 11.7 Å². The van der Waals surface area contributed by atoms with Gasteiger partial charge in [-0.15, -0.1) is 0 Å². The molecule has 1 aromatic rings. The van der Waals surface area contributed by atoms with Crippen molar-refractivity contribution in [3.05, 3.63) is 42.0 Å². The van der Waals surface area contributed by atoms with Gasteiger partial charge in [0.1, 0.15) is 5.54 Å². The van der Waals surface area contributed by atoms with Crippen molar-refractivity contribution in [3.8, 4) is 0 Å². The van der Waals surface area contributed by atoms with Gasteiger partial charge in [0.05, 0.1) is 0 Å². The highest BCUT2D eigenvalue weighted by atomic mass is 16.1. The molecule has 1 aliphatic heterocycles. The molecule has 0 amide bonds. The molecule has 106 valence electrons. The molecule has 2 nitrogen and oxygen atoms in total. The van der Waals surface area contributed by atoms with E-state index in [-0.39, 0.29) is 5.54 Å². The molecule has 0 atom stereocenters. The summed E-state index contributed by atoms with van der Waals surface area (Å²) in [6.07, 6.45) is 6.28. The fourth-order valence-corrected chi connectivity index (χ4v) is 3.66. The predicted octanol–water partition coefficient (Wildman–Crippen LogP) is 3.88. The zero-order valence-corrected chi connectivity index (χ0v) is 12.4. The smallest absolute Gasteiger partial charge is 0.183 e. The van der Waals surface area contributed by atoms with Gasteiger partial charge < -0.3 is 4.90 Å². The van der Waals surface area contributed by atoms with Crippen molar-refractivity contribution >= 4 is 11.5 Å². The fourth-order valence-electron chi connectivity index (χ4n) is 3.66. The SMILES string of the molecule is CC(C)CN1C(c2ccccc2)=CC(=O)C12CCCC2. The van der Waals surface area contributed by atoms with E-state index in [1.165, 1.54) is 18.4 Å². The Morgan fingerprint density at radius 1 is 1.15 bits per heavy atom. The van der Waals surface area contributed by atoms with Crippen LogP contribution in [0.3, 0.4) is 0 Å². The summed E-state index contributed by atoms with van der Waals surface area (Å²) in [7, 11) is 0. The maximum atomic E-state index is 12.7. The second kappa shape index (κ2) is 5.08. The van der Waals surface area contributed by atoms with Crippen LogP contribution in [0.15, 0.2) is 36.4 Å². The Morgan fingerprint density at radius 3 is 2.40 bits per heavy atom. The first-order valence-electron chi connectivity index (χ1n) is 7.73. The van der Waals surface area contributed by atoms with E-state index in [9.17, 15) is 4.79 Å². The Balaban J connectivity index is 2.00. The molecule has 1 aliphatic carbocycles. The average Bonchev–Trinajstić information content (AvgIpc) is 3.02. The second-order valence-electron chi connectivity index (χ2n) is 6.50. The van der Waals surface area contributed by atoms with Crippen molar-refractivity contribution in [2.75, 3.05) is 6.54 Å². The number of rotatable bonds is 3. The van der Waals surface area contributed by atoms with Gasteiger partial charge in [-0.1, -0.05) is 57.0 Å². The van der Waals surface area contributed by atoms with Crippen LogP contribution in [0.5, 0.6) is 0 Å². The van der Waals surface area contributed by atoms with Crippen LogP contribution in [0.1, 0.15) is 45.1 Å². The van der Waals surface area contributed by atoms with Gasteiger partial charge in [0.2, 0.25) is 0 Å². The summed E-state index contributed by atoms with van der Waals surface area (Å²) in [5.41, 5.74) is 2.08. The Labute approximate surface area is 121 Å². The number of nitrogens with zero attached hydrogens (tertiary/aromatic N) is 1. The molecule has 0 bridgehead atoms. The van der Waals surface area contributed by atoms with E-state index in [4.69, 9.17) is 0 Å². The van der Waals surface area contributed by atoms with Gasteiger partial charge in [-0.3, -0.25) is 4.79 Å². The summed E-state index contributed by atoms with van der Waals surface area (Å²) in [5.74, 6) is 0.889. The molecule has 0 unspecified atom stereocenters. The largest absolute Gasteiger partial charge is 0.358 e. The highest BCUT2D eigenvalue weighted by Gasteiger charge is 2.49. The van der Waals surface area contributed by atoms with Crippen LogP contribution in [0.4, 0.5) is 0 Å². The molecule has 0 radical (unpaired) electrons. The summed E-state index contributed by atoms with van der Waals surface area (Å²) in [5, 5.41) is 0. The zero-order valence-electron chi connectivity index (χ0n) is 12.4. The maximum absolute atomic E-state index is 12.7. The third-order valence-corrected chi connectivity index (χ3v) is 4.58. The lowest BCUT2D eigenvalue weighted by Gasteiger charge is -2.39. The van der Waals surface area contributed by atoms with Crippen molar-refractivity contribution in [1.82, 2.24) is 4.90 Å². The third-order valence-electron chi connectivity index (χ3n) is 4.58. The predicted molar refractivity (Wildman–Crippen MR) is 82.2 cm³/mol. The Hall–Kier alpha value is -1.57. The number of carbonyl (C=O) groups excluding carboxylic acids is 1. The lowest BCUT2D eigenvalue weighted by molar-refractivity contribution is -0.122. The molecule has 2 aliphatic rings. The molecule has 0 aromatic heterocycles. The van der Waals surface area contributed by atoms with Crippen LogP contribution in [0.2, 0.25) is 0 Å². The molecule has 2 heteroatoms. The first kappa shape index (κ1) is 13.4. The topological polar surface area (TPSA) is 20.3 Å². The molecule has 1 spiro atoms. The van der Waals surface area contributed by atoms with Gasteiger partial charge in [-0.2, -0.15) is 0 Å². The summed E-state index contributed by atoms with van der Waals surface area (Å²) < 4.78 is 0. The van der Waals surface area contributed by atoms with E-state index < -0.39 is 0 Å². The molecular weight excluding hydrogens is 246 g/mol. The van der Waals surface area contributed by atoms with E-state index in [1.807, 2.05) is 24.3 Å². The minimum Gasteiger partial charge on any atom is -0.358 e. The van der Waals surface area contributed by atoms with Crippen LogP contribution in [-0.2, 0) is 4.79 Å². The lowest BCUT2D eigenvalue weighted by Crippen LogP contribution is -2.48. The van der Waals surface area contributed by atoms with Crippen LogP contribution in [0.25, 0.3) is 5.70 Å². The fraction of sp³-hybridized carbons (Fsp3) is 0.500. The quantitative estimate of drug-likeness (QED) is 0.830. The Bertz CT molecular complexity index is 524. The normalized spacial score (nSPS) is 21.1. The summed E-state index contributed by atoms with van der Waals surface area (Å²) in [6.45, 7) is 5.43. The molecule has 0 saturated heterocycles. The van der Waals surface area contributed by atoms with Crippen LogP contribution < -0.4 is 0 Å². The van der Waals surface area contributed by atoms with Gasteiger partial charge in [0.25, 0.3) is 0 Å². The van der Waals surface area contributed by atoms with Gasteiger partial charge in [0, 0.05) is 18.3 Å². The van der Waals surface area contributed by atoms with Gasteiger partial charge in [-0.25, -0.2) is 0 Å². The Kier molecular flexibility index (Phi) is 3.41. The van der Waals surface area contributed by atoms with Gasteiger partial charge >= 0.3 is 0 Å². The van der Waals surface area contributed by atoms with Gasteiger partial charge in [-0.05, 0) is 24.3 Å². The van der Waals surface area contributed by atoms with E-state index in [2.05, 4.69) is 30.9 Å². The van der Waals surface area contributed by atoms with E-state index in [0.717, 1.165) is 25.1 Å². The maximum Gasteiger partial charge on any atom is 0.183 e. The van der Waals surface area contributed by atoms with Crippen LogP contribution in [-0.4, -0.2) is 22.8 Å². The monoisotopic (exact) mass is 269 g/mol. The van der Waals surface area contributed by atoms with Crippen molar-refractivity contribution < 1.29 is 4.79 Å². The van der Waals surface area contributed by atoms with E-state index in [1.54, 1.807) is 0 Å². The highest BCUT2D eigenvalue weighted by Crippen LogP contribution is 2.45. The van der Waals surface area contributed by atoms with Crippen molar-refractivity contribution in [2.24, 2.45) is 5.92 Å². The zero-order chi connectivity index (χ0) is 14.2. The molecule has 0 N–H and O–H groups in total.